The first-order valence-corrected chi connectivity index (χ1v) is 8.43. The topological polar surface area (TPSA) is 30.9 Å². The van der Waals surface area contributed by atoms with Gasteiger partial charge in [-0.1, -0.05) is 30.3 Å². The van der Waals surface area contributed by atoms with Crippen molar-refractivity contribution in [2.75, 3.05) is 34.1 Å². The van der Waals surface area contributed by atoms with Crippen molar-refractivity contribution in [3.05, 3.63) is 59.2 Å². The van der Waals surface area contributed by atoms with Gasteiger partial charge in [-0.15, -0.1) is 0 Å². The molecule has 0 spiro atoms. The standard InChI is InChI=1S/C20H23NO3/c1-22-18-10-15-8-9-21-13-24-12-17(14-6-4-3-5-7-14)20(21)16(15)11-19(18)23-2/h3-7,10-11,17,20H,8-9,12-13H2,1-2H3/t17-,20+/m1/s1. The zero-order chi connectivity index (χ0) is 16.5. The van der Waals surface area contributed by atoms with E-state index in [1.807, 2.05) is 0 Å². The summed E-state index contributed by atoms with van der Waals surface area (Å²) in [5.41, 5.74) is 4.03. The van der Waals surface area contributed by atoms with Crippen LogP contribution in [0.5, 0.6) is 11.5 Å². The second-order valence-corrected chi connectivity index (χ2v) is 6.43. The molecule has 0 radical (unpaired) electrons. The summed E-state index contributed by atoms with van der Waals surface area (Å²) in [6.45, 7) is 2.46. The molecule has 0 N–H and O–H groups in total. The lowest BCUT2D eigenvalue weighted by atomic mass is 9.81. The Labute approximate surface area is 142 Å². The smallest absolute Gasteiger partial charge is 0.161 e. The van der Waals surface area contributed by atoms with Crippen LogP contribution in [0.3, 0.4) is 0 Å². The summed E-state index contributed by atoms with van der Waals surface area (Å²) in [7, 11) is 3.39. The molecule has 4 rings (SSSR count). The van der Waals surface area contributed by atoms with Gasteiger partial charge in [0.15, 0.2) is 11.5 Å². The van der Waals surface area contributed by atoms with Gasteiger partial charge in [-0.25, -0.2) is 0 Å². The first-order chi connectivity index (χ1) is 11.8. The number of methoxy groups -OCH3 is 2. The van der Waals surface area contributed by atoms with Gasteiger partial charge in [-0.2, -0.15) is 0 Å². The van der Waals surface area contributed by atoms with Crippen molar-refractivity contribution in [2.45, 2.75) is 18.4 Å². The summed E-state index contributed by atoms with van der Waals surface area (Å²) < 4.78 is 16.9. The SMILES string of the molecule is COc1cc2c(cc1OC)[C@H]1[C@@H](c3ccccc3)COCN1CC2. The van der Waals surface area contributed by atoms with E-state index in [4.69, 9.17) is 14.2 Å². The molecular weight excluding hydrogens is 302 g/mol. The van der Waals surface area contributed by atoms with Crippen LogP contribution < -0.4 is 9.47 Å². The van der Waals surface area contributed by atoms with Crippen LogP contribution in [0.25, 0.3) is 0 Å². The Kier molecular flexibility index (Phi) is 4.17. The number of ether oxygens (including phenoxy) is 3. The van der Waals surface area contributed by atoms with Crippen LogP contribution in [0.2, 0.25) is 0 Å². The highest BCUT2D eigenvalue weighted by atomic mass is 16.5. The van der Waals surface area contributed by atoms with Gasteiger partial charge in [0.25, 0.3) is 0 Å². The van der Waals surface area contributed by atoms with Crippen LogP contribution in [-0.2, 0) is 11.2 Å². The van der Waals surface area contributed by atoms with Crippen LogP contribution in [0.15, 0.2) is 42.5 Å². The molecule has 0 aromatic heterocycles. The average molecular weight is 325 g/mol. The molecule has 0 amide bonds. The molecule has 126 valence electrons. The fourth-order valence-electron chi connectivity index (χ4n) is 4.01. The molecule has 2 atom stereocenters. The monoisotopic (exact) mass is 325 g/mol. The van der Waals surface area contributed by atoms with Gasteiger partial charge in [-0.3, -0.25) is 4.90 Å². The van der Waals surface area contributed by atoms with Crippen molar-refractivity contribution in [2.24, 2.45) is 0 Å². The lowest BCUT2D eigenvalue weighted by Crippen LogP contribution is -2.45. The maximum atomic E-state index is 5.89. The van der Waals surface area contributed by atoms with E-state index in [0.717, 1.165) is 31.1 Å². The molecule has 1 saturated heterocycles. The highest BCUT2D eigenvalue weighted by Crippen LogP contribution is 2.45. The van der Waals surface area contributed by atoms with E-state index >= 15 is 0 Å². The number of fused-ring (bicyclic) bond motifs is 3. The van der Waals surface area contributed by atoms with E-state index in [-0.39, 0.29) is 0 Å². The van der Waals surface area contributed by atoms with Crippen molar-refractivity contribution in [3.63, 3.8) is 0 Å². The van der Waals surface area contributed by atoms with Crippen LogP contribution in [-0.4, -0.2) is 39.0 Å². The van der Waals surface area contributed by atoms with E-state index in [1.165, 1.54) is 16.7 Å². The number of hydrogen-bond acceptors (Lipinski definition) is 4. The van der Waals surface area contributed by atoms with Crippen molar-refractivity contribution in [1.82, 2.24) is 4.90 Å². The van der Waals surface area contributed by atoms with E-state index in [0.29, 0.717) is 18.7 Å². The number of rotatable bonds is 3. The Balaban J connectivity index is 1.80. The summed E-state index contributed by atoms with van der Waals surface area (Å²) in [4.78, 5) is 2.44. The van der Waals surface area contributed by atoms with Crippen LogP contribution in [0.4, 0.5) is 0 Å². The van der Waals surface area contributed by atoms with Gasteiger partial charge < -0.3 is 14.2 Å². The third kappa shape index (κ3) is 2.56. The van der Waals surface area contributed by atoms with Crippen molar-refractivity contribution >= 4 is 0 Å². The lowest BCUT2D eigenvalue weighted by Gasteiger charge is -2.45. The number of benzene rings is 2. The van der Waals surface area contributed by atoms with Crippen molar-refractivity contribution in [1.29, 1.82) is 0 Å². The van der Waals surface area contributed by atoms with Gasteiger partial charge >= 0.3 is 0 Å². The molecule has 0 saturated carbocycles. The van der Waals surface area contributed by atoms with Crippen molar-refractivity contribution < 1.29 is 14.2 Å². The van der Waals surface area contributed by atoms with E-state index in [1.54, 1.807) is 14.2 Å². The van der Waals surface area contributed by atoms with Gasteiger partial charge in [-0.05, 0) is 35.2 Å². The average Bonchev–Trinajstić information content (AvgIpc) is 2.66. The third-order valence-electron chi connectivity index (χ3n) is 5.19. The predicted molar refractivity (Wildman–Crippen MR) is 92.7 cm³/mol. The number of hydrogen-bond donors (Lipinski definition) is 0. The molecule has 2 aliphatic rings. The lowest BCUT2D eigenvalue weighted by molar-refractivity contribution is -0.0669. The predicted octanol–water partition coefficient (Wildman–Crippen LogP) is 3.37. The van der Waals surface area contributed by atoms with Crippen LogP contribution in [0, 0.1) is 0 Å². The zero-order valence-electron chi connectivity index (χ0n) is 14.2. The van der Waals surface area contributed by atoms with E-state index in [9.17, 15) is 0 Å². The normalized spacial score (nSPS) is 23.2. The van der Waals surface area contributed by atoms with E-state index < -0.39 is 0 Å². The second kappa shape index (κ2) is 6.46. The van der Waals surface area contributed by atoms with Gasteiger partial charge in [0.1, 0.15) is 0 Å². The molecule has 0 aliphatic carbocycles. The molecular formula is C20H23NO3. The minimum atomic E-state index is 0.324. The Hall–Kier alpha value is -2.04. The quantitative estimate of drug-likeness (QED) is 0.866. The van der Waals surface area contributed by atoms with E-state index in [2.05, 4.69) is 47.4 Å². The summed E-state index contributed by atoms with van der Waals surface area (Å²) in [5.74, 6) is 1.95. The van der Waals surface area contributed by atoms with Gasteiger partial charge in [0.2, 0.25) is 0 Å². The summed E-state index contributed by atoms with van der Waals surface area (Å²) >= 11 is 0. The minimum Gasteiger partial charge on any atom is -0.493 e. The first-order valence-electron chi connectivity index (χ1n) is 8.43. The van der Waals surface area contributed by atoms with Crippen LogP contribution >= 0.6 is 0 Å². The zero-order valence-corrected chi connectivity index (χ0v) is 14.2. The first kappa shape index (κ1) is 15.5. The summed E-state index contributed by atoms with van der Waals surface area (Å²) in [6.07, 6.45) is 1.01. The van der Waals surface area contributed by atoms with Gasteiger partial charge in [0, 0.05) is 18.5 Å². The maximum Gasteiger partial charge on any atom is 0.161 e. The van der Waals surface area contributed by atoms with Gasteiger partial charge in [0.05, 0.1) is 27.6 Å². The second-order valence-electron chi connectivity index (χ2n) is 6.43. The Bertz CT molecular complexity index is 716. The summed E-state index contributed by atoms with van der Waals surface area (Å²) in [5, 5.41) is 0. The molecule has 2 aliphatic heterocycles. The Morgan fingerprint density at radius 3 is 2.54 bits per heavy atom. The highest BCUT2D eigenvalue weighted by molar-refractivity contribution is 5.50. The molecule has 2 aromatic carbocycles. The number of nitrogens with zero attached hydrogens (tertiary/aromatic N) is 1. The minimum absolute atomic E-state index is 0.324. The fourth-order valence-corrected chi connectivity index (χ4v) is 4.01. The molecule has 0 unspecified atom stereocenters. The fraction of sp³-hybridized carbons (Fsp3) is 0.400. The molecule has 2 heterocycles. The molecule has 4 nitrogen and oxygen atoms in total. The maximum absolute atomic E-state index is 5.89. The highest BCUT2D eigenvalue weighted by Gasteiger charge is 2.38. The summed E-state index contributed by atoms with van der Waals surface area (Å²) in [6, 6.07) is 15.3. The van der Waals surface area contributed by atoms with Crippen molar-refractivity contribution in [3.8, 4) is 11.5 Å². The van der Waals surface area contributed by atoms with Crippen LogP contribution in [0.1, 0.15) is 28.7 Å². The molecule has 4 heteroatoms. The largest absolute Gasteiger partial charge is 0.493 e. The third-order valence-corrected chi connectivity index (χ3v) is 5.19. The molecule has 0 bridgehead atoms. The Morgan fingerprint density at radius 1 is 1.04 bits per heavy atom. The Morgan fingerprint density at radius 2 is 1.79 bits per heavy atom. The molecule has 24 heavy (non-hydrogen) atoms. The molecule has 1 fully saturated rings. The molecule has 2 aromatic rings.